The number of hydrogen-bond donors (Lipinski definition) is 1. The molecule has 0 radical (unpaired) electrons. The van der Waals surface area contributed by atoms with Crippen LogP contribution in [0.3, 0.4) is 0 Å². The van der Waals surface area contributed by atoms with Crippen molar-refractivity contribution in [1.82, 2.24) is 10.2 Å². The normalized spacial score (nSPS) is 11.6. The lowest BCUT2D eigenvalue weighted by Crippen LogP contribution is -2.49. The van der Waals surface area contributed by atoms with E-state index in [1.165, 1.54) is 17.0 Å². The summed E-state index contributed by atoms with van der Waals surface area (Å²) in [6, 6.07) is 10.3. The molecular weight excluding hydrogens is 441 g/mol. The van der Waals surface area contributed by atoms with Crippen molar-refractivity contribution in [2.24, 2.45) is 0 Å². The Morgan fingerprint density at radius 3 is 2.32 bits per heavy atom. The fourth-order valence-electron chi connectivity index (χ4n) is 3.24. The van der Waals surface area contributed by atoms with Gasteiger partial charge in [0.2, 0.25) is 11.8 Å². The highest BCUT2D eigenvalue weighted by atomic mass is 35.5. The van der Waals surface area contributed by atoms with Gasteiger partial charge in [0.15, 0.2) is 0 Å². The van der Waals surface area contributed by atoms with Crippen LogP contribution < -0.4 is 5.32 Å². The third-order valence-electron chi connectivity index (χ3n) is 4.86. The van der Waals surface area contributed by atoms with Crippen LogP contribution in [0.1, 0.15) is 37.8 Å². The zero-order chi connectivity index (χ0) is 23.0. The average molecular weight is 466 g/mol. The van der Waals surface area contributed by atoms with Gasteiger partial charge in [-0.25, -0.2) is 0 Å². The second-order valence-corrected chi connectivity index (χ2v) is 7.81. The third-order valence-corrected chi connectivity index (χ3v) is 5.56. The Labute approximate surface area is 191 Å². The molecule has 1 atom stereocenters. The molecule has 0 aliphatic heterocycles. The minimum Gasteiger partial charge on any atom is -0.354 e. The van der Waals surface area contributed by atoms with Crippen molar-refractivity contribution >= 4 is 40.7 Å². The molecule has 1 N–H and O–H groups in total. The van der Waals surface area contributed by atoms with Crippen molar-refractivity contribution < 1.29 is 14.5 Å². The van der Waals surface area contributed by atoms with E-state index in [2.05, 4.69) is 5.32 Å². The zero-order valence-corrected chi connectivity index (χ0v) is 18.9. The Bertz CT molecular complexity index is 932. The SMILES string of the molecule is CCCNC(=O)[C@@H](CC)N(Cc1c(Cl)cccc1Cl)C(=O)Cc1ccccc1[N+](=O)[O-]. The molecule has 0 aromatic heterocycles. The highest BCUT2D eigenvalue weighted by Gasteiger charge is 2.30. The number of nitrogens with zero attached hydrogens (tertiary/aromatic N) is 2. The van der Waals surface area contributed by atoms with Gasteiger partial charge in [-0.1, -0.05) is 61.3 Å². The molecule has 0 aliphatic carbocycles. The lowest BCUT2D eigenvalue weighted by Gasteiger charge is -2.31. The molecule has 31 heavy (non-hydrogen) atoms. The number of nitrogens with one attached hydrogen (secondary N) is 1. The standard InChI is InChI=1S/C22H25Cl2N3O4/c1-3-12-25-22(29)19(4-2)26(14-16-17(23)9-7-10-18(16)24)21(28)13-15-8-5-6-11-20(15)27(30)31/h5-11,19H,3-4,12-14H2,1-2H3,(H,25,29)/t19-/m1/s1. The first-order chi connectivity index (χ1) is 14.8. The molecule has 0 heterocycles. The van der Waals surface area contributed by atoms with E-state index in [0.717, 1.165) is 6.42 Å². The molecule has 2 aromatic carbocycles. The summed E-state index contributed by atoms with van der Waals surface area (Å²) in [5, 5.41) is 14.9. The van der Waals surface area contributed by atoms with Gasteiger partial charge < -0.3 is 10.2 Å². The van der Waals surface area contributed by atoms with Crippen LogP contribution in [0.15, 0.2) is 42.5 Å². The van der Waals surface area contributed by atoms with Crippen molar-refractivity contribution in [2.75, 3.05) is 6.54 Å². The van der Waals surface area contributed by atoms with E-state index in [0.29, 0.717) is 28.6 Å². The number of hydrogen-bond acceptors (Lipinski definition) is 4. The van der Waals surface area contributed by atoms with E-state index in [-0.39, 0.29) is 30.1 Å². The summed E-state index contributed by atoms with van der Waals surface area (Å²) in [4.78, 5) is 38.3. The largest absolute Gasteiger partial charge is 0.354 e. The molecule has 166 valence electrons. The lowest BCUT2D eigenvalue weighted by molar-refractivity contribution is -0.385. The first-order valence-corrected chi connectivity index (χ1v) is 10.8. The topological polar surface area (TPSA) is 92.6 Å². The van der Waals surface area contributed by atoms with E-state index in [1.54, 1.807) is 37.3 Å². The summed E-state index contributed by atoms with van der Waals surface area (Å²) in [7, 11) is 0. The van der Waals surface area contributed by atoms with Crippen LogP contribution in [-0.2, 0) is 22.6 Å². The van der Waals surface area contributed by atoms with Crippen LogP contribution in [0.5, 0.6) is 0 Å². The fourth-order valence-corrected chi connectivity index (χ4v) is 3.76. The second-order valence-electron chi connectivity index (χ2n) is 7.00. The number of rotatable bonds is 10. The van der Waals surface area contributed by atoms with Gasteiger partial charge >= 0.3 is 0 Å². The molecular formula is C22H25Cl2N3O4. The Kier molecular flexibility index (Phi) is 9.27. The van der Waals surface area contributed by atoms with E-state index in [1.807, 2.05) is 6.92 Å². The van der Waals surface area contributed by atoms with Gasteiger partial charge in [0.25, 0.3) is 5.69 Å². The third kappa shape index (κ3) is 6.42. The van der Waals surface area contributed by atoms with Gasteiger partial charge in [-0.15, -0.1) is 0 Å². The van der Waals surface area contributed by atoms with Gasteiger partial charge in [-0.05, 0) is 25.0 Å². The Morgan fingerprint density at radius 2 is 1.74 bits per heavy atom. The molecule has 0 bridgehead atoms. The summed E-state index contributed by atoms with van der Waals surface area (Å²) in [5.41, 5.74) is 0.648. The number of carbonyl (C=O) groups is 2. The summed E-state index contributed by atoms with van der Waals surface area (Å²) >= 11 is 12.6. The zero-order valence-electron chi connectivity index (χ0n) is 17.4. The van der Waals surface area contributed by atoms with Crippen LogP contribution in [0.4, 0.5) is 5.69 Å². The van der Waals surface area contributed by atoms with Crippen LogP contribution in [0.2, 0.25) is 10.0 Å². The van der Waals surface area contributed by atoms with Crippen molar-refractivity contribution in [3.8, 4) is 0 Å². The van der Waals surface area contributed by atoms with Crippen molar-refractivity contribution in [1.29, 1.82) is 0 Å². The number of amides is 2. The molecule has 0 unspecified atom stereocenters. The monoisotopic (exact) mass is 465 g/mol. The van der Waals surface area contributed by atoms with Gasteiger partial charge in [0.05, 0.1) is 11.3 Å². The molecule has 2 rings (SSSR count). The van der Waals surface area contributed by atoms with Gasteiger partial charge in [0.1, 0.15) is 6.04 Å². The van der Waals surface area contributed by atoms with Crippen molar-refractivity contribution in [2.45, 2.75) is 45.7 Å². The van der Waals surface area contributed by atoms with Crippen LogP contribution in [0.25, 0.3) is 0 Å². The van der Waals surface area contributed by atoms with E-state index in [9.17, 15) is 19.7 Å². The van der Waals surface area contributed by atoms with Crippen molar-refractivity contribution in [3.63, 3.8) is 0 Å². The van der Waals surface area contributed by atoms with E-state index in [4.69, 9.17) is 23.2 Å². The molecule has 0 saturated carbocycles. The average Bonchev–Trinajstić information content (AvgIpc) is 2.74. The maximum Gasteiger partial charge on any atom is 0.273 e. The minimum absolute atomic E-state index is 0.00994. The number of nitro benzene ring substituents is 1. The maximum atomic E-state index is 13.3. The van der Waals surface area contributed by atoms with Crippen LogP contribution >= 0.6 is 23.2 Å². The maximum absolute atomic E-state index is 13.3. The van der Waals surface area contributed by atoms with Gasteiger partial charge in [0, 0.05) is 40.3 Å². The minimum atomic E-state index is -0.769. The summed E-state index contributed by atoms with van der Waals surface area (Å²) < 4.78 is 0. The number of nitro groups is 1. The highest BCUT2D eigenvalue weighted by molar-refractivity contribution is 6.36. The summed E-state index contributed by atoms with van der Waals surface area (Å²) in [6.07, 6.45) is 0.889. The molecule has 7 nitrogen and oxygen atoms in total. The van der Waals surface area contributed by atoms with Crippen LogP contribution in [0, 0.1) is 10.1 Å². The Balaban J connectivity index is 2.42. The van der Waals surface area contributed by atoms with E-state index < -0.39 is 16.9 Å². The summed E-state index contributed by atoms with van der Waals surface area (Å²) in [5.74, 6) is -0.716. The highest BCUT2D eigenvalue weighted by Crippen LogP contribution is 2.28. The van der Waals surface area contributed by atoms with Gasteiger partial charge in [-0.2, -0.15) is 0 Å². The molecule has 0 aliphatic rings. The molecule has 9 heteroatoms. The fraction of sp³-hybridized carbons (Fsp3) is 0.364. The lowest BCUT2D eigenvalue weighted by atomic mass is 10.1. The molecule has 0 fully saturated rings. The quantitative estimate of drug-likeness (QED) is 0.403. The molecule has 2 aromatic rings. The number of carbonyl (C=O) groups excluding carboxylic acids is 2. The Morgan fingerprint density at radius 1 is 1.10 bits per heavy atom. The number of benzene rings is 2. The van der Waals surface area contributed by atoms with Crippen molar-refractivity contribution in [3.05, 3.63) is 73.8 Å². The summed E-state index contributed by atoms with van der Waals surface area (Å²) in [6.45, 7) is 4.22. The number of halogens is 2. The smallest absolute Gasteiger partial charge is 0.273 e. The van der Waals surface area contributed by atoms with E-state index >= 15 is 0 Å². The first-order valence-electron chi connectivity index (χ1n) is 10.0. The van der Waals surface area contributed by atoms with Gasteiger partial charge in [-0.3, -0.25) is 19.7 Å². The first kappa shape index (κ1) is 24.6. The molecule has 0 spiro atoms. The molecule has 2 amide bonds. The number of para-hydroxylation sites is 1. The molecule has 0 saturated heterocycles. The predicted octanol–water partition coefficient (Wildman–Crippen LogP) is 4.78. The Hall–Kier alpha value is -2.64. The van der Waals surface area contributed by atoms with Crippen LogP contribution in [-0.4, -0.2) is 34.2 Å². The second kappa shape index (κ2) is 11.7. The predicted molar refractivity (Wildman–Crippen MR) is 121 cm³/mol.